The number of para-hydroxylation sites is 1. The Labute approximate surface area is 113 Å². The molecule has 9 nitrogen and oxygen atoms in total. The van der Waals surface area contributed by atoms with Crippen LogP contribution >= 0.6 is 0 Å². The number of nitro benzene ring substituents is 1. The Morgan fingerprint density at radius 3 is 2.75 bits per heavy atom. The molecule has 104 valence electrons. The number of anilines is 2. The van der Waals surface area contributed by atoms with E-state index >= 15 is 0 Å². The van der Waals surface area contributed by atoms with E-state index in [0.29, 0.717) is 5.82 Å². The largest absolute Gasteiger partial charge is 0.382 e. The Morgan fingerprint density at radius 1 is 1.45 bits per heavy atom. The van der Waals surface area contributed by atoms with E-state index in [9.17, 15) is 14.9 Å². The summed E-state index contributed by atoms with van der Waals surface area (Å²) in [6.07, 6.45) is 0. The molecule has 1 aromatic carbocycles. The third-order valence-corrected chi connectivity index (χ3v) is 2.48. The first-order chi connectivity index (χ1) is 9.52. The van der Waals surface area contributed by atoms with Crippen LogP contribution in [0.5, 0.6) is 0 Å². The van der Waals surface area contributed by atoms with E-state index in [1.807, 2.05) is 0 Å². The van der Waals surface area contributed by atoms with Crippen molar-refractivity contribution in [2.45, 2.75) is 6.92 Å². The molecule has 1 aromatic heterocycles. The zero-order valence-electron chi connectivity index (χ0n) is 10.7. The number of aromatic nitrogens is 2. The van der Waals surface area contributed by atoms with Gasteiger partial charge in [0.15, 0.2) is 5.82 Å². The minimum atomic E-state index is -0.582. The molecule has 0 saturated carbocycles. The molecular formula is C11H11N5O4. The number of hydrogen-bond donors (Lipinski definition) is 2. The predicted molar refractivity (Wildman–Crippen MR) is 69.6 cm³/mol. The van der Waals surface area contributed by atoms with Crippen LogP contribution in [0.3, 0.4) is 0 Å². The number of hydrogen-bond acceptors (Lipinski definition) is 7. The Kier molecular flexibility index (Phi) is 3.60. The van der Waals surface area contributed by atoms with Crippen molar-refractivity contribution in [2.24, 2.45) is 0 Å². The highest BCUT2D eigenvalue weighted by molar-refractivity contribution is 6.08. The van der Waals surface area contributed by atoms with Crippen LogP contribution in [0.25, 0.3) is 0 Å². The molecule has 0 atom stereocenters. The fraction of sp³-hybridized carbons (Fsp3) is 0.182. The summed E-state index contributed by atoms with van der Waals surface area (Å²) >= 11 is 0. The van der Waals surface area contributed by atoms with Gasteiger partial charge in [0.2, 0.25) is 0 Å². The second-order valence-electron chi connectivity index (χ2n) is 3.81. The maximum Gasteiger partial charge on any atom is 0.328 e. The van der Waals surface area contributed by atoms with Gasteiger partial charge in [-0.15, -0.1) is 0 Å². The monoisotopic (exact) mass is 277 g/mol. The fourth-order valence-corrected chi connectivity index (χ4v) is 1.66. The van der Waals surface area contributed by atoms with Crippen molar-refractivity contribution in [3.05, 3.63) is 39.7 Å². The lowest BCUT2D eigenvalue weighted by Gasteiger charge is -2.08. The van der Waals surface area contributed by atoms with Crippen LogP contribution in [-0.2, 0) is 0 Å². The van der Waals surface area contributed by atoms with Crippen LogP contribution in [0, 0.1) is 17.0 Å². The van der Waals surface area contributed by atoms with Gasteiger partial charge in [0, 0.05) is 13.1 Å². The van der Waals surface area contributed by atoms with Gasteiger partial charge in [-0.25, -0.2) is 0 Å². The molecule has 2 rings (SSSR count). The molecule has 20 heavy (non-hydrogen) atoms. The standard InChI is InChI=1S/C11H11N5O4/c1-6-13-11(20-15-6)14-10(17)7-4-3-5-8(16(18)19)9(7)12-2/h3-5,12H,1-2H3,(H,13,14,15,17). The van der Waals surface area contributed by atoms with Crippen LogP contribution in [0.15, 0.2) is 22.7 Å². The van der Waals surface area contributed by atoms with Crippen molar-refractivity contribution in [3.63, 3.8) is 0 Å². The van der Waals surface area contributed by atoms with Crippen LogP contribution in [0.4, 0.5) is 17.4 Å². The number of rotatable bonds is 4. The van der Waals surface area contributed by atoms with E-state index in [1.54, 1.807) is 6.92 Å². The van der Waals surface area contributed by atoms with Crippen LogP contribution < -0.4 is 10.6 Å². The molecule has 1 heterocycles. The molecule has 0 radical (unpaired) electrons. The van der Waals surface area contributed by atoms with Gasteiger partial charge in [-0.2, -0.15) is 4.98 Å². The molecule has 2 aromatic rings. The van der Waals surface area contributed by atoms with Crippen molar-refractivity contribution in [1.29, 1.82) is 0 Å². The smallest absolute Gasteiger partial charge is 0.328 e. The zero-order chi connectivity index (χ0) is 14.7. The quantitative estimate of drug-likeness (QED) is 0.642. The summed E-state index contributed by atoms with van der Waals surface area (Å²) in [5, 5.41) is 19.5. The lowest BCUT2D eigenvalue weighted by atomic mass is 10.1. The first-order valence-electron chi connectivity index (χ1n) is 5.59. The minimum Gasteiger partial charge on any atom is -0.382 e. The normalized spacial score (nSPS) is 10.1. The van der Waals surface area contributed by atoms with Gasteiger partial charge in [0.25, 0.3) is 11.6 Å². The number of benzene rings is 1. The molecule has 0 aliphatic rings. The fourth-order valence-electron chi connectivity index (χ4n) is 1.66. The second-order valence-corrected chi connectivity index (χ2v) is 3.81. The Morgan fingerprint density at radius 2 is 2.20 bits per heavy atom. The third-order valence-electron chi connectivity index (χ3n) is 2.48. The maximum absolute atomic E-state index is 12.1. The Hall–Kier alpha value is -2.97. The van der Waals surface area contributed by atoms with Crippen LogP contribution in [-0.4, -0.2) is 28.0 Å². The SMILES string of the molecule is CNc1c(C(=O)Nc2nc(C)no2)cccc1[N+](=O)[O-]. The van der Waals surface area contributed by atoms with Gasteiger partial charge in [-0.05, 0) is 13.0 Å². The topological polar surface area (TPSA) is 123 Å². The third kappa shape index (κ3) is 2.55. The summed E-state index contributed by atoms with van der Waals surface area (Å²) in [4.78, 5) is 26.2. The molecule has 1 amide bonds. The molecule has 0 unspecified atom stereocenters. The Bertz CT molecular complexity index is 667. The van der Waals surface area contributed by atoms with E-state index in [2.05, 4.69) is 20.8 Å². The van der Waals surface area contributed by atoms with E-state index in [-0.39, 0.29) is 23.0 Å². The molecule has 9 heteroatoms. The number of nitrogens with zero attached hydrogens (tertiary/aromatic N) is 3. The Balaban J connectivity index is 2.34. The first kappa shape index (κ1) is 13.5. The molecular weight excluding hydrogens is 266 g/mol. The number of carbonyl (C=O) groups excluding carboxylic acids is 1. The van der Waals surface area contributed by atoms with Crippen LogP contribution in [0.2, 0.25) is 0 Å². The summed E-state index contributed by atoms with van der Waals surface area (Å²) < 4.78 is 4.76. The van der Waals surface area contributed by atoms with Gasteiger partial charge in [-0.3, -0.25) is 20.2 Å². The first-order valence-corrected chi connectivity index (χ1v) is 5.59. The van der Waals surface area contributed by atoms with Crippen molar-refractivity contribution in [1.82, 2.24) is 10.1 Å². The van der Waals surface area contributed by atoms with Crippen molar-refractivity contribution < 1.29 is 14.2 Å². The number of aryl methyl sites for hydroxylation is 1. The number of nitrogens with one attached hydrogen (secondary N) is 2. The highest BCUT2D eigenvalue weighted by atomic mass is 16.6. The summed E-state index contributed by atoms with van der Waals surface area (Å²) in [6.45, 7) is 1.60. The number of carbonyl (C=O) groups is 1. The summed E-state index contributed by atoms with van der Waals surface area (Å²) in [5.41, 5.74) is 0.0330. The van der Waals surface area contributed by atoms with E-state index < -0.39 is 10.8 Å². The van der Waals surface area contributed by atoms with E-state index in [0.717, 1.165) is 0 Å². The number of nitro groups is 1. The van der Waals surface area contributed by atoms with Gasteiger partial charge >= 0.3 is 6.01 Å². The van der Waals surface area contributed by atoms with Crippen molar-refractivity contribution in [2.75, 3.05) is 17.7 Å². The number of amides is 1. The van der Waals surface area contributed by atoms with E-state index in [1.165, 1.54) is 25.2 Å². The molecule has 0 aliphatic carbocycles. The molecule has 2 N–H and O–H groups in total. The summed E-state index contributed by atoms with van der Waals surface area (Å²) in [5.74, 6) is -0.213. The van der Waals surface area contributed by atoms with Crippen molar-refractivity contribution in [3.8, 4) is 0 Å². The van der Waals surface area contributed by atoms with Gasteiger partial charge in [-0.1, -0.05) is 11.2 Å². The molecule has 0 bridgehead atoms. The van der Waals surface area contributed by atoms with Gasteiger partial charge in [0.1, 0.15) is 5.69 Å². The van der Waals surface area contributed by atoms with E-state index in [4.69, 9.17) is 4.52 Å². The minimum absolute atomic E-state index is 0.0685. The predicted octanol–water partition coefficient (Wildman–Crippen LogP) is 1.58. The molecule has 0 aliphatic heterocycles. The maximum atomic E-state index is 12.1. The summed E-state index contributed by atoms with van der Waals surface area (Å²) in [6, 6.07) is 4.12. The zero-order valence-corrected chi connectivity index (χ0v) is 10.7. The van der Waals surface area contributed by atoms with Crippen LogP contribution in [0.1, 0.15) is 16.2 Å². The summed E-state index contributed by atoms with van der Waals surface area (Å²) in [7, 11) is 1.50. The highest BCUT2D eigenvalue weighted by Gasteiger charge is 2.21. The van der Waals surface area contributed by atoms with Gasteiger partial charge < -0.3 is 9.84 Å². The van der Waals surface area contributed by atoms with Crippen molar-refractivity contribution >= 4 is 23.3 Å². The lowest BCUT2D eigenvalue weighted by Crippen LogP contribution is -2.15. The highest BCUT2D eigenvalue weighted by Crippen LogP contribution is 2.28. The van der Waals surface area contributed by atoms with Gasteiger partial charge in [0.05, 0.1) is 10.5 Å². The lowest BCUT2D eigenvalue weighted by molar-refractivity contribution is -0.384. The average molecular weight is 277 g/mol. The average Bonchev–Trinajstić information content (AvgIpc) is 2.82. The molecule has 0 saturated heterocycles. The second kappa shape index (κ2) is 5.34. The molecule has 0 fully saturated rings. The molecule has 0 spiro atoms.